The highest BCUT2D eigenvalue weighted by Gasteiger charge is 2.34. The lowest BCUT2D eigenvalue weighted by atomic mass is 10.1. The van der Waals surface area contributed by atoms with Crippen LogP contribution in [0, 0.1) is 16.0 Å². The van der Waals surface area contributed by atoms with Gasteiger partial charge in [-0.3, -0.25) is 19.9 Å². The van der Waals surface area contributed by atoms with Gasteiger partial charge in [0.15, 0.2) is 0 Å². The molecule has 0 bridgehead atoms. The molecular weight excluding hydrogens is 320 g/mol. The van der Waals surface area contributed by atoms with Gasteiger partial charge in [-0.15, -0.1) is 0 Å². The highest BCUT2D eigenvalue weighted by molar-refractivity contribution is 5.94. The molecule has 1 saturated heterocycles. The van der Waals surface area contributed by atoms with E-state index in [0.29, 0.717) is 36.2 Å². The number of carbonyl (C=O) groups excluding carboxylic acids is 1. The molecule has 1 aliphatic carbocycles. The van der Waals surface area contributed by atoms with Crippen LogP contribution in [0.2, 0.25) is 0 Å². The number of amides is 1. The molecule has 1 aromatic carbocycles. The van der Waals surface area contributed by atoms with Gasteiger partial charge in [0.2, 0.25) is 5.91 Å². The molecule has 1 aromatic heterocycles. The van der Waals surface area contributed by atoms with Crippen LogP contribution in [0.5, 0.6) is 0 Å². The Morgan fingerprint density at radius 3 is 2.76 bits per heavy atom. The van der Waals surface area contributed by atoms with Crippen LogP contribution in [0.15, 0.2) is 30.5 Å². The Morgan fingerprint density at radius 2 is 2.00 bits per heavy atom. The van der Waals surface area contributed by atoms with Crippen molar-refractivity contribution >= 4 is 28.2 Å². The lowest BCUT2D eigenvalue weighted by Crippen LogP contribution is -2.36. The smallest absolute Gasteiger partial charge is 0.301 e. The van der Waals surface area contributed by atoms with E-state index in [1.807, 2.05) is 15.9 Å². The second-order valence-electron chi connectivity index (χ2n) is 6.70. The van der Waals surface area contributed by atoms with E-state index in [9.17, 15) is 14.9 Å². The minimum Gasteiger partial charge on any atom is -0.364 e. The second kappa shape index (κ2) is 6.31. The molecule has 0 radical (unpaired) electrons. The van der Waals surface area contributed by atoms with Gasteiger partial charge in [-0.2, -0.15) is 0 Å². The van der Waals surface area contributed by atoms with Gasteiger partial charge in [-0.05, 0) is 43.5 Å². The van der Waals surface area contributed by atoms with Crippen molar-refractivity contribution in [2.24, 2.45) is 5.92 Å². The lowest BCUT2D eigenvalue weighted by molar-refractivity contribution is -0.382. The Balaban J connectivity index is 1.64. The molecule has 2 fully saturated rings. The van der Waals surface area contributed by atoms with Crippen molar-refractivity contribution in [1.29, 1.82) is 0 Å². The first-order valence-electron chi connectivity index (χ1n) is 8.71. The number of carbonyl (C=O) groups is 1. The Kier molecular flexibility index (Phi) is 3.99. The van der Waals surface area contributed by atoms with Crippen LogP contribution in [0.4, 0.5) is 11.4 Å². The van der Waals surface area contributed by atoms with Crippen LogP contribution in [0.1, 0.15) is 19.3 Å². The summed E-state index contributed by atoms with van der Waals surface area (Å²) in [6, 6.07) is 7.07. The van der Waals surface area contributed by atoms with Crippen molar-refractivity contribution in [3.8, 4) is 0 Å². The third-order valence-electron chi connectivity index (χ3n) is 4.99. The summed E-state index contributed by atoms with van der Waals surface area (Å²) in [5.74, 6) is 0.465. The van der Waals surface area contributed by atoms with Crippen LogP contribution in [-0.2, 0) is 4.79 Å². The normalized spacial score (nSPS) is 18.2. The zero-order chi connectivity index (χ0) is 17.4. The maximum absolute atomic E-state index is 12.3. The van der Waals surface area contributed by atoms with Crippen molar-refractivity contribution < 1.29 is 9.72 Å². The van der Waals surface area contributed by atoms with E-state index in [1.165, 1.54) is 0 Å². The van der Waals surface area contributed by atoms with Crippen LogP contribution < -0.4 is 4.90 Å². The van der Waals surface area contributed by atoms with Crippen LogP contribution in [0.25, 0.3) is 10.9 Å². The number of fused-ring (bicyclic) bond motifs is 1. The number of hydrogen-bond acceptors (Lipinski definition) is 5. The fourth-order valence-corrected chi connectivity index (χ4v) is 3.54. The molecule has 2 aliphatic rings. The Labute approximate surface area is 145 Å². The number of aromatic nitrogens is 1. The molecule has 1 aliphatic heterocycles. The first kappa shape index (κ1) is 15.8. The third-order valence-corrected chi connectivity index (χ3v) is 4.99. The number of nitrogens with zero attached hydrogens (tertiary/aromatic N) is 4. The maximum atomic E-state index is 12.3. The average molecular weight is 340 g/mol. The van der Waals surface area contributed by atoms with Gasteiger partial charge in [0, 0.05) is 38.3 Å². The molecule has 1 amide bonds. The van der Waals surface area contributed by atoms with Crippen molar-refractivity contribution in [2.75, 3.05) is 31.1 Å². The summed E-state index contributed by atoms with van der Waals surface area (Å²) in [5, 5.41) is 12.3. The van der Waals surface area contributed by atoms with Crippen LogP contribution >= 0.6 is 0 Å². The fraction of sp³-hybridized carbons (Fsp3) is 0.444. The number of pyridine rings is 1. The van der Waals surface area contributed by atoms with E-state index in [4.69, 9.17) is 0 Å². The molecular formula is C18H20N4O3. The van der Waals surface area contributed by atoms with Gasteiger partial charge in [0.25, 0.3) is 0 Å². The van der Waals surface area contributed by atoms with Gasteiger partial charge >= 0.3 is 5.69 Å². The molecule has 130 valence electrons. The van der Waals surface area contributed by atoms with E-state index in [-0.39, 0.29) is 22.4 Å². The summed E-state index contributed by atoms with van der Waals surface area (Å²) < 4.78 is 0. The first-order chi connectivity index (χ1) is 12.1. The highest BCUT2D eigenvalue weighted by Crippen LogP contribution is 2.36. The highest BCUT2D eigenvalue weighted by atomic mass is 16.6. The molecule has 7 heteroatoms. The second-order valence-corrected chi connectivity index (χ2v) is 6.70. The summed E-state index contributed by atoms with van der Waals surface area (Å²) in [7, 11) is 0. The quantitative estimate of drug-likeness (QED) is 0.634. The summed E-state index contributed by atoms with van der Waals surface area (Å²) in [4.78, 5) is 31.9. The van der Waals surface area contributed by atoms with Gasteiger partial charge < -0.3 is 9.80 Å². The SMILES string of the molecule is O=C(C1CC1)N1CCCN(c2ccc3ncccc3c2[N+](=O)[O-])CC1. The van der Waals surface area contributed by atoms with Crippen LogP contribution in [0.3, 0.4) is 0 Å². The summed E-state index contributed by atoms with van der Waals surface area (Å²) in [6.45, 7) is 2.68. The molecule has 2 aromatic rings. The number of benzene rings is 1. The van der Waals surface area contributed by atoms with Gasteiger partial charge in [-0.1, -0.05) is 0 Å². The number of rotatable bonds is 3. The molecule has 1 saturated carbocycles. The lowest BCUT2D eigenvalue weighted by Gasteiger charge is -2.24. The van der Waals surface area contributed by atoms with Gasteiger partial charge in [0.1, 0.15) is 5.69 Å². The average Bonchev–Trinajstić information content (AvgIpc) is 3.46. The molecule has 0 unspecified atom stereocenters. The summed E-state index contributed by atoms with van der Waals surface area (Å²) in [6.07, 6.45) is 4.46. The van der Waals surface area contributed by atoms with E-state index in [1.54, 1.807) is 24.4 Å². The maximum Gasteiger partial charge on any atom is 0.301 e. The van der Waals surface area contributed by atoms with Crippen molar-refractivity contribution in [3.63, 3.8) is 0 Å². The van der Waals surface area contributed by atoms with E-state index >= 15 is 0 Å². The molecule has 7 nitrogen and oxygen atoms in total. The molecule has 0 atom stereocenters. The monoisotopic (exact) mass is 340 g/mol. The standard InChI is InChI=1S/C18H20N4O3/c23-18(13-4-5-13)21-10-2-9-20(11-12-21)16-7-6-15-14(3-1-8-19-15)17(16)22(24)25/h1,3,6-8,13H,2,4-5,9-12H2. The zero-order valence-corrected chi connectivity index (χ0v) is 13.9. The van der Waals surface area contributed by atoms with Crippen molar-refractivity contribution in [2.45, 2.75) is 19.3 Å². The van der Waals surface area contributed by atoms with Crippen molar-refractivity contribution in [1.82, 2.24) is 9.88 Å². The molecule has 0 N–H and O–H groups in total. The predicted molar refractivity (Wildman–Crippen MR) is 94.5 cm³/mol. The van der Waals surface area contributed by atoms with Crippen LogP contribution in [-0.4, -0.2) is 46.9 Å². The summed E-state index contributed by atoms with van der Waals surface area (Å²) >= 11 is 0. The van der Waals surface area contributed by atoms with Gasteiger partial charge in [-0.25, -0.2) is 0 Å². The predicted octanol–water partition coefficient (Wildman–Crippen LogP) is 2.59. The molecule has 25 heavy (non-hydrogen) atoms. The Bertz CT molecular complexity index is 834. The van der Waals surface area contributed by atoms with Crippen molar-refractivity contribution in [3.05, 3.63) is 40.6 Å². The minimum atomic E-state index is -0.322. The topological polar surface area (TPSA) is 79.6 Å². The zero-order valence-electron chi connectivity index (χ0n) is 13.9. The molecule has 2 heterocycles. The van der Waals surface area contributed by atoms with E-state index < -0.39 is 0 Å². The molecule has 0 spiro atoms. The Hall–Kier alpha value is -2.70. The largest absolute Gasteiger partial charge is 0.364 e. The number of anilines is 1. The van der Waals surface area contributed by atoms with E-state index in [0.717, 1.165) is 25.8 Å². The van der Waals surface area contributed by atoms with Gasteiger partial charge in [0.05, 0.1) is 15.8 Å². The fourth-order valence-electron chi connectivity index (χ4n) is 3.54. The third kappa shape index (κ3) is 3.01. The number of hydrogen-bond donors (Lipinski definition) is 0. The minimum absolute atomic E-state index is 0.104. The molecule has 4 rings (SSSR count). The Morgan fingerprint density at radius 1 is 1.16 bits per heavy atom. The van der Waals surface area contributed by atoms with E-state index in [2.05, 4.69) is 4.98 Å². The summed E-state index contributed by atoms with van der Waals surface area (Å²) in [5.41, 5.74) is 1.34. The number of nitro benzene ring substituents is 1. The first-order valence-corrected chi connectivity index (χ1v) is 8.71. The number of nitro groups is 1.